The highest BCUT2D eigenvalue weighted by Crippen LogP contribution is 2.45. The van der Waals surface area contributed by atoms with E-state index in [1.165, 1.54) is 12.1 Å². The summed E-state index contributed by atoms with van der Waals surface area (Å²) in [6, 6.07) is 18.0. The maximum atomic E-state index is 10.5. The second kappa shape index (κ2) is 5.14. The lowest BCUT2D eigenvalue weighted by atomic mass is 9.92. The van der Waals surface area contributed by atoms with Crippen LogP contribution in [0.25, 0.3) is 33.3 Å². The van der Waals surface area contributed by atoms with Crippen molar-refractivity contribution in [2.45, 2.75) is 0 Å². The summed E-state index contributed by atoms with van der Waals surface area (Å²) in [5.41, 5.74) is 3.98. The van der Waals surface area contributed by atoms with E-state index in [1.807, 2.05) is 48.5 Å². The minimum Gasteiger partial charge on any atom is -0.507 e. The molecule has 1 heterocycles. The van der Waals surface area contributed by atoms with Crippen LogP contribution in [-0.2, 0) is 0 Å². The Kier molecular flexibility index (Phi) is 2.98. The zero-order valence-electron chi connectivity index (χ0n) is 12.1. The van der Waals surface area contributed by atoms with Crippen LogP contribution >= 0.6 is 0 Å². The summed E-state index contributed by atoms with van der Waals surface area (Å²) in [4.78, 5) is 0. The first-order chi connectivity index (χ1) is 11.3. The van der Waals surface area contributed by atoms with Crippen molar-refractivity contribution >= 4 is 11.0 Å². The van der Waals surface area contributed by atoms with E-state index in [0.717, 1.165) is 5.56 Å². The van der Waals surface area contributed by atoms with E-state index >= 15 is 0 Å². The second-order valence-electron chi connectivity index (χ2n) is 5.22. The standard InChI is InChI=1S/C18H13N3O2/c22-14-9-10-15(23)17(16(14)11-5-2-1-3-6-11)12-7-4-8-13-18(12)20-21-19-13/h1-10,22-23H,(H,19,20,21). The van der Waals surface area contributed by atoms with Gasteiger partial charge in [-0.2, -0.15) is 15.4 Å². The van der Waals surface area contributed by atoms with Gasteiger partial charge in [-0.25, -0.2) is 0 Å². The Bertz CT molecular complexity index is 994. The van der Waals surface area contributed by atoms with Crippen LogP contribution in [0, 0.1) is 0 Å². The van der Waals surface area contributed by atoms with Gasteiger partial charge in [0.05, 0.1) is 0 Å². The molecule has 1 aromatic heterocycles. The van der Waals surface area contributed by atoms with E-state index in [2.05, 4.69) is 15.4 Å². The number of phenolic OH excluding ortho intramolecular Hbond substituents is 2. The lowest BCUT2D eigenvalue weighted by Crippen LogP contribution is -1.89. The molecule has 0 fully saturated rings. The molecule has 3 aromatic carbocycles. The van der Waals surface area contributed by atoms with Crippen LogP contribution in [0.2, 0.25) is 0 Å². The summed E-state index contributed by atoms with van der Waals surface area (Å²) in [7, 11) is 0. The van der Waals surface area contributed by atoms with Crippen LogP contribution in [0.1, 0.15) is 0 Å². The first-order valence-corrected chi connectivity index (χ1v) is 7.16. The van der Waals surface area contributed by atoms with Gasteiger partial charge in [0.1, 0.15) is 22.5 Å². The summed E-state index contributed by atoms with van der Waals surface area (Å²) < 4.78 is 0. The van der Waals surface area contributed by atoms with E-state index in [1.54, 1.807) is 0 Å². The molecule has 0 atom stereocenters. The Balaban J connectivity index is 2.10. The molecule has 0 saturated heterocycles. The van der Waals surface area contributed by atoms with Gasteiger partial charge >= 0.3 is 0 Å². The number of fused-ring (bicyclic) bond motifs is 1. The Labute approximate surface area is 131 Å². The van der Waals surface area contributed by atoms with Crippen LogP contribution in [0.5, 0.6) is 11.5 Å². The highest BCUT2D eigenvalue weighted by atomic mass is 16.3. The number of nitrogens with zero attached hydrogens (tertiary/aromatic N) is 2. The minimum absolute atomic E-state index is 0.0807. The Morgan fingerprint density at radius 1 is 0.696 bits per heavy atom. The largest absolute Gasteiger partial charge is 0.507 e. The van der Waals surface area contributed by atoms with Crippen molar-refractivity contribution in [1.82, 2.24) is 15.4 Å². The summed E-state index contributed by atoms with van der Waals surface area (Å²) in [5.74, 6) is 0.182. The quantitative estimate of drug-likeness (QED) is 0.493. The average molecular weight is 303 g/mol. The van der Waals surface area contributed by atoms with Crippen molar-refractivity contribution in [1.29, 1.82) is 0 Å². The van der Waals surface area contributed by atoms with Gasteiger partial charge in [0.15, 0.2) is 0 Å². The summed E-state index contributed by atoms with van der Waals surface area (Å²) in [6.07, 6.45) is 0. The Hall–Kier alpha value is -3.34. The monoisotopic (exact) mass is 303 g/mol. The number of aromatic nitrogens is 3. The van der Waals surface area contributed by atoms with Gasteiger partial charge < -0.3 is 10.2 Å². The van der Waals surface area contributed by atoms with Crippen LogP contribution in [-0.4, -0.2) is 25.6 Å². The molecule has 3 N–H and O–H groups in total. The van der Waals surface area contributed by atoms with Gasteiger partial charge in [0.25, 0.3) is 0 Å². The van der Waals surface area contributed by atoms with Crippen molar-refractivity contribution in [3.8, 4) is 33.8 Å². The SMILES string of the molecule is Oc1ccc(O)c(-c2cccc3n[nH]nc23)c1-c1ccccc1. The van der Waals surface area contributed by atoms with Gasteiger partial charge in [-0.15, -0.1) is 0 Å². The Morgan fingerprint density at radius 2 is 1.43 bits per heavy atom. The molecule has 0 radical (unpaired) electrons. The molecular formula is C18H13N3O2. The number of hydrogen-bond donors (Lipinski definition) is 3. The predicted octanol–water partition coefficient (Wildman–Crippen LogP) is 3.70. The third-order valence-electron chi connectivity index (χ3n) is 3.84. The molecule has 4 rings (SSSR count). The van der Waals surface area contributed by atoms with E-state index < -0.39 is 0 Å². The molecule has 0 unspecified atom stereocenters. The normalized spacial score (nSPS) is 11.0. The molecule has 5 heteroatoms. The first kappa shape index (κ1) is 13.3. The van der Waals surface area contributed by atoms with E-state index in [0.29, 0.717) is 27.7 Å². The number of H-pyrrole nitrogens is 1. The molecule has 0 amide bonds. The number of aromatic amines is 1. The molecule has 5 nitrogen and oxygen atoms in total. The van der Waals surface area contributed by atoms with Crippen molar-refractivity contribution in [3.05, 3.63) is 60.7 Å². The second-order valence-corrected chi connectivity index (χ2v) is 5.22. The summed E-state index contributed by atoms with van der Waals surface area (Å²) >= 11 is 0. The molecule has 0 bridgehead atoms. The highest BCUT2D eigenvalue weighted by molar-refractivity contribution is 6.00. The fraction of sp³-hybridized carbons (Fsp3) is 0. The molecular weight excluding hydrogens is 290 g/mol. The number of phenols is 2. The first-order valence-electron chi connectivity index (χ1n) is 7.16. The predicted molar refractivity (Wildman–Crippen MR) is 88.1 cm³/mol. The fourth-order valence-corrected chi connectivity index (χ4v) is 2.82. The Morgan fingerprint density at radius 3 is 2.22 bits per heavy atom. The van der Waals surface area contributed by atoms with Crippen molar-refractivity contribution < 1.29 is 10.2 Å². The van der Waals surface area contributed by atoms with Crippen LogP contribution < -0.4 is 0 Å². The van der Waals surface area contributed by atoms with Crippen molar-refractivity contribution in [3.63, 3.8) is 0 Å². The number of para-hydroxylation sites is 1. The van der Waals surface area contributed by atoms with E-state index in [-0.39, 0.29) is 11.5 Å². The van der Waals surface area contributed by atoms with Gasteiger partial charge in [-0.05, 0) is 23.8 Å². The van der Waals surface area contributed by atoms with Gasteiger partial charge in [0, 0.05) is 16.7 Å². The third-order valence-corrected chi connectivity index (χ3v) is 3.84. The lowest BCUT2D eigenvalue weighted by molar-refractivity contribution is 0.463. The number of hydrogen-bond acceptors (Lipinski definition) is 4. The van der Waals surface area contributed by atoms with Crippen LogP contribution in [0.3, 0.4) is 0 Å². The average Bonchev–Trinajstić information content (AvgIpc) is 3.06. The van der Waals surface area contributed by atoms with Gasteiger partial charge in [-0.1, -0.05) is 42.5 Å². The van der Waals surface area contributed by atoms with E-state index in [4.69, 9.17) is 0 Å². The topological polar surface area (TPSA) is 82.0 Å². The number of rotatable bonds is 2. The fourth-order valence-electron chi connectivity index (χ4n) is 2.82. The molecule has 0 aliphatic rings. The van der Waals surface area contributed by atoms with Crippen LogP contribution in [0.15, 0.2) is 60.7 Å². The number of nitrogens with one attached hydrogen (secondary N) is 1. The van der Waals surface area contributed by atoms with Crippen molar-refractivity contribution in [2.75, 3.05) is 0 Å². The maximum absolute atomic E-state index is 10.5. The number of benzene rings is 3. The molecule has 0 aliphatic carbocycles. The lowest BCUT2D eigenvalue weighted by Gasteiger charge is -2.14. The molecule has 4 aromatic rings. The zero-order chi connectivity index (χ0) is 15.8. The molecule has 0 spiro atoms. The maximum Gasteiger partial charge on any atom is 0.124 e. The smallest absolute Gasteiger partial charge is 0.124 e. The zero-order valence-corrected chi connectivity index (χ0v) is 12.1. The summed E-state index contributed by atoms with van der Waals surface area (Å²) in [5, 5.41) is 31.7. The number of aromatic hydroxyl groups is 2. The highest BCUT2D eigenvalue weighted by Gasteiger charge is 2.19. The molecule has 23 heavy (non-hydrogen) atoms. The van der Waals surface area contributed by atoms with Crippen LogP contribution in [0.4, 0.5) is 0 Å². The molecule has 0 saturated carbocycles. The molecule has 112 valence electrons. The third kappa shape index (κ3) is 2.10. The van der Waals surface area contributed by atoms with Gasteiger partial charge in [-0.3, -0.25) is 0 Å². The molecule has 0 aliphatic heterocycles. The summed E-state index contributed by atoms with van der Waals surface area (Å²) in [6.45, 7) is 0. The van der Waals surface area contributed by atoms with Gasteiger partial charge in [0.2, 0.25) is 0 Å². The minimum atomic E-state index is 0.0807. The van der Waals surface area contributed by atoms with E-state index in [9.17, 15) is 10.2 Å². The van der Waals surface area contributed by atoms with Crippen molar-refractivity contribution in [2.24, 2.45) is 0 Å².